The van der Waals surface area contributed by atoms with Crippen molar-refractivity contribution in [1.29, 1.82) is 0 Å². The minimum Gasteiger partial charge on any atom is -0.462 e. The normalized spacial score (nSPS) is 41.8. The molecule has 32 heavy (non-hydrogen) atoms. The quantitative estimate of drug-likeness (QED) is 0.324. The fraction of sp³-hybridized carbons (Fsp3) is 0.862. The number of allylic oxidation sites excluding steroid dienone is 1. The van der Waals surface area contributed by atoms with Gasteiger partial charge in [0.2, 0.25) is 0 Å². The second-order valence-corrected chi connectivity index (χ2v) is 12.6. The van der Waals surface area contributed by atoms with Crippen molar-refractivity contribution < 1.29 is 14.3 Å². The Morgan fingerprint density at radius 1 is 1.06 bits per heavy atom. The zero-order chi connectivity index (χ0) is 23.3. The van der Waals surface area contributed by atoms with Crippen LogP contribution in [0.3, 0.4) is 0 Å². The van der Waals surface area contributed by atoms with Gasteiger partial charge in [-0.05, 0) is 91.8 Å². The van der Waals surface area contributed by atoms with Gasteiger partial charge in [-0.2, -0.15) is 0 Å². The van der Waals surface area contributed by atoms with Gasteiger partial charge in [-0.15, -0.1) is 0 Å². The van der Waals surface area contributed by atoms with Crippen molar-refractivity contribution in [1.82, 2.24) is 0 Å². The summed E-state index contributed by atoms with van der Waals surface area (Å²) in [7, 11) is 0. The van der Waals surface area contributed by atoms with Crippen LogP contribution in [0.15, 0.2) is 11.6 Å². The van der Waals surface area contributed by atoms with E-state index in [1.807, 2.05) is 13.8 Å². The maximum Gasteiger partial charge on any atom is 0.302 e. The number of hydrogen-bond acceptors (Lipinski definition) is 3. The molecule has 0 saturated heterocycles. The van der Waals surface area contributed by atoms with E-state index in [9.17, 15) is 9.59 Å². The SMILES string of the molecule is CC(=O)OC1CC[C@@]2(C)C(=CCC3C2CC[C@@]2(C)C3CC[C@@H]2[C@H](C)CCC(=O)C(C)C)C1. The summed E-state index contributed by atoms with van der Waals surface area (Å²) < 4.78 is 5.60. The molecule has 0 aliphatic heterocycles. The Morgan fingerprint density at radius 3 is 2.50 bits per heavy atom. The average Bonchev–Trinajstić information content (AvgIpc) is 3.08. The van der Waals surface area contributed by atoms with Crippen LogP contribution in [0.4, 0.5) is 0 Å². The average molecular weight is 443 g/mol. The Hall–Kier alpha value is -1.12. The summed E-state index contributed by atoms with van der Waals surface area (Å²) in [5.74, 6) is 4.31. The molecule has 0 bridgehead atoms. The number of ether oxygens (including phenoxy) is 1. The molecule has 3 nitrogen and oxygen atoms in total. The van der Waals surface area contributed by atoms with Gasteiger partial charge in [-0.1, -0.05) is 46.3 Å². The summed E-state index contributed by atoms with van der Waals surface area (Å²) in [6.45, 7) is 13.2. The molecule has 0 aromatic carbocycles. The highest BCUT2D eigenvalue weighted by molar-refractivity contribution is 5.80. The highest BCUT2D eigenvalue weighted by Crippen LogP contribution is 2.67. The highest BCUT2D eigenvalue weighted by Gasteiger charge is 2.59. The Labute approximate surface area is 196 Å². The molecule has 0 heterocycles. The van der Waals surface area contributed by atoms with Crippen molar-refractivity contribution in [2.45, 2.75) is 112 Å². The third kappa shape index (κ3) is 4.11. The fourth-order valence-corrected chi connectivity index (χ4v) is 8.80. The summed E-state index contributed by atoms with van der Waals surface area (Å²) in [5, 5.41) is 0. The number of Topliss-reactive ketones (excluding diaryl/α,β-unsaturated/α-hetero) is 1. The second-order valence-electron chi connectivity index (χ2n) is 12.6. The van der Waals surface area contributed by atoms with Crippen LogP contribution in [0.2, 0.25) is 0 Å². The van der Waals surface area contributed by atoms with Crippen molar-refractivity contribution in [3.05, 3.63) is 11.6 Å². The molecule has 4 aliphatic carbocycles. The number of carbonyl (C=O) groups is 2. The molecule has 3 heteroatoms. The Morgan fingerprint density at radius 2 is 1.81 bits per heavy atom. The van der Waals surface area contributed by atoms with E-state index in [-0.39, 0.29) is 18.0 Å². The molecule has 4 unspecified atom stereocenters. The van der Waals surface area contributed by atoms with Crippen molar-refractivity contribution in [3.8, 4) is 0 Å². The number of carbonyl (C=O) groups excluding carboxylic acids is 2. The van der Waals surface area contributed by atoms with E-state index >= 15 is 0 Å². The number of ketones is 1. The van der Waals surface area contributed by atoms with Crippen LogP contribution in [0.5, 0.6) is 0 Å². The van der Waals surface area contributed by atoms with E-state index in [1.54, 1.807) is 5.57 Å². The summed E-state index contributed by atoms with van der Waals surface area (Å²) >= 11 is 0. The first kappa shape index (κ1) is 24.0. The summed E-state index contributed by atoms with van der Waals surface area (Å²) in [5.41, 5.74) is 2.32. The van der Waals surface area contributed by atoms with E-state index in [1.165, 1.54) is 45.4 Å². The van der Waals surface area contributed by atoms with Gasteiger partial charge in [-0.25, -0.2) is 0 Å². The van der Waals surface area contributed by atoms with Crippen LogP contribution in [0.1, 0.15) is 106 Å². The van der Waals surface area contributed by atoms with E-state index < -0.39 is 0 Å². The lowest BCUT2D eigenvalue weighted by Gasteiger charge is -2.58. The molecule has 0 radical (unpaired) electrons. The largest absolute Gasteiger partial charge is 0.462 e. The third-order valence-electron chi connectivity index (χ3n) is 10.6. The fourth-order valence-electron chi connectivity index (χ4n) is 8.80. The van der Waals surface area contributed by atoms with Gasteiger partial charge in [0.25, 0.3) is 0 Å². The smallest absolute Gasteiger partial charge is 0.302 e. The topological polar surface area (TPSA) is 43.4 Å². The first-order valence-corrected chi connectivity index (χ1v) is 13.5. The van der Waals surface area contributed by atoms with Crippen LogP contribution < -0.4 is 0 Å². The molecule has 0 aromatic heterocycles. The lowest BCUT2D eigenvalue weighted by Crippen LogP contribution is -2.51. The van der Waals surface area contributed by atoms with Crippen molar-refractivity contribution in [2.24, 2.45) is 46.3 Å². The van der Waals surface area contributed by atoms with Crippen LogP contribution in [-0.4, -0.2) is 17.9 Å². The standard InChI is InChI=1S/C29H46O3/c1-18(2)27(31)12-7-19(3)24-10-11-25-23-9-8-21-17-22(32-20(4)30)13-15-28(21,5)26(23)14-16-29(24,25)6/h8,18-19,22-26H,7,9-17H2,1-6H3/t19-,22?,23?,24-,25?,26?,28+,29-/m1/s1. The van der Waals surface area contributed by atoms with Gasteiger partial charge in [-0.3, -0.25) is 9.59 Å². The second kappa shape index (κ2) is 8.91. The van der Waals surface area contributed by atoms with Gasteiger partial charge in [0, 0.05) is 25.7 Å². The van der Waals surface area contributed by atoms with E-state index in [0.717, 1.165) is 49.4 Å². The van der Waals surface area contributed by atoms with Gasteiger partial charge in [0.05, 0.1) is 0 Å². The summed E-state index contributed by atoms with van der Waals surface area (Å²) in [6, 6.07) is 0. The zero-order valence-corrected chi connectivity index (χ0v) is 21.4. The molecule has 8 atom stereocenters. The molecule has 4 rings (SSSR count). The maximum absolute atomic E-state index is 12.2. The van der Waals surface area contributed by atoms with Crippen LogP contribution >= 0.6 is 0 Å². The number of esters is 1. The third-order valence-corrected chi connectivity index (χ3v) is 10.6. The van der Waals surface area contributed by atoms with Gasteiger partial charge in [0.15, 0.2) is 0 Å². The predicted octanol–water partition coefficient (Wildman–Crippen LogP) is 7.14. The predicted molar refractivity (Wildman–Crippen MR) is 129 cm³/mol. The monoisotopic (exact) mass is 442 g/mol. The minimum atomic E-state index is -0.137. The summed E-state index contributed by atoms with van der Waals surface area (Å²) in [6.07, 6.45) is 14.2. The molecular formula is C29H46O3. The van der Waals surface area contributed by atoms with Gasteiger partial charge in [0.1, 0.15) is 11.9 Å². The zero-order valence-electron chi connectivity index (χ0n) is 21.4. The van der Waals surface area contributed by atoms with Gasteiger partial charge >= 0.3 is 5.97 Å². The van der Waals surface area contributed by atoms with Crippen molar-refractivity contribution >= 4 is 11.8 Å². The minimum absolute atomic E-state index is 0.0856. The number of rotatable bonds is 6. The lowest BCUT2D eigenvalue weighted by molar-refractivity contribution is -0.148. The van der Waals surface area contributed by atoms with E-state index in [2.05, 4.69) is 26.8 Å². The highest BCUT2D eigenvalue weighted by atomic mass is 16.5. The number of fused-ring (bicyclic) bond motifs is 5. The van der Waals surface area contributed by atoms with E-state index in [0.29, 0.717) is 22.5 Å². The van der Waals surface area contributed by atoms with Crippen LogP contribution in [0, 0.1) is 46.3 Å². The maximum atomic E-state index is 12.2. The van der Waals surface area contributed by atoms with Crippen molar-refractivity contribution in [2.75, 3.05) is 0 Å². The molecule has 0 amide bonds. The first-order valence-electron chi connectivity index (χ1n) is 13.5. The molecule has 4 aliphatic rings. The van der Waals surface area contributed by atoms with Crippen LogP contribution in [0.25, 0.3) is 0 Å². The molecule has 3 saturated carbocycles. The molecule has 0 aromatic rings. The molecule has 3 fully saturated rings. The Balaban J connectivity index is 1.47. The first-order chi connectivity index (χ1) is 15.1. The van der Waals surface area contributed by atoms with Gasteiger partial charge < -0.3 is 4.74 Å². The summed E-state index contributed by atoms with van der Waals surface area (Å²) in [4.78, 5) is 23.7. The Kier molecular flexibility index (Phi) is 6.69. The lowest BCUT2D eigenvalue weighted by atomic mass is 9.47. The molecule has 0 N–H and O–H groups in total. The molecule has 0 spiro atoms. The molecular weight excluding hydrogens is 396 g/mol. The molecule has 180 valence electrons. The number of hydrogen-bond donors (Lipinski definition) is 0. The Bertz CT molecular complexity index is 766. The van der Waals surface area contributed by atoms with E-state index in [4.69, 9.17) is 4.74 Å². The van der Waals surface area contributed by atoms with Crippen LogP contribution in [-0.2, 0) is 14.3 Å². The van der Waals surface area contributed by atoms with Crippen molar-refractivity contribution in [3.63, 3.8) is 0 Å².